The van der Waals surface area contributed by atoms with E-state index in [1.54, 1.807) is 20.2 Å². The standard InChI is InChI=1S/C15H14N4O3S/c1-9(23-14-15(21)22-18-19(14)2)13(20)17-12-7-3-6-11-10(12)5-4-8-16-11/h3-9H,1-2H3,(H-,16,17,18,20,21). The number of amides is 1. The first kappa shape index (κ1) is 15.3. The van der Waals surface area contributed by atoms with Gasteiger partial charge in [0.05, 0.1) is 21.7 Å². The van der Waals surface area contributed by atoms with Crippen LogP contribution in [-0.2, 0) is 11.8 Å². The molecule has 0 spiro atoms. The smallest absolute Gasteiger partial charge is 0.291 e. The lowest BCUT2D eigenvalue weighted by Crippen LogP contribution is -2.33. The summed E-state index contributed by atoms with van der Waals surface area (Å²) in [6, 6.07) is 9.24. The SMILES string of the molecule is CC(Sc1c([O-])on[n+]1C)C(=O)Nc1cccc2ncccc12. The Morgan fingerprint density at radius 3 is 2.96 bits per heavy atom. The van der Waals surface area contributed by atoms with E-state index in [1.807, 2.05) is 30.3 Å². The monoisotopic (exact) mass is 330 g/mol. The van der Waals surface area contributed by atoms with Crippen LogP contribution in [0, 0.1) is 0 Å². The molecule has 0 aliphatic heterocycles. The molecule has 0 aliphatic carbocycles. The summed E-state index contributed by atoms with van der Waals surface area (Å²) in [4.78, 5) is 16.6. The third-order valence-electron chi connectivity index (χ3n) is 3.28. The van der Waals surface area contributed by atoms with E-state index < -0.39 is 11.2 Å². The summed E-state index contributed by atoms with van der Waals surface area (Å²) < 4.78 is 5.87. The van der Waals surface area contributed by atoms with E-state index in [-0.39, 0.29) is 10.9 Å². The molecule has 8 heteroatoms. The second kappa shape index (κ2) is 6.25. The quantitative estimate of drug-likeness (QED) is 0.571. The minimum absolute atomic E-state index is 0.216. The lowest BCUT2D eigenvalue weighted by atomic mass is 10.2. The number of pyridine rings is 1. The molecule has 1 unspecified atom stereocenters. The molecule has 3 aromatic rings. The number of rotatable bonds is 4. The minimum Gasteiger partial charge on any atom is -0.538 e. The van der Waals surface area contributed by atoms with E-state index >= 15 is 0 Å². The highest BCUT2D eigenvalue weighted by Crippen LogP contribution is 2.27. The molecule has 7 nitrogen and oxygen atoms in total. The molecule has 0 saturated heterocycles. The van der Waals surface area contributed by atoms with Crippen LogP contribution in [0.4, 0.5) is 5.69 Å². The molecule has 2 aromatic heterocycles. The molecule has 0 saturated carbocycles. The maximum atomic E-state index is 12.4. The van der Waals surface area contributed by atoms with Gasteiger partial charge in [0.1, 0.15) is 0 Å². The number of nitrogens with zero attached hydrogens (tertiary/aromatic N) is 3. The van der Waals surface area contributed by atoms with Crippen molar-refractivity contribution in [3.05, 3.63) is 36.5 Å². The molecule has 118 valence electrons. The third kappa shape index (κ3) is 3.11. The van der Waals surface area contributed by atoms with Crippen LogP contribution in [0.25, 0.3) is 10.9 Å². The van der Waals surface area contributed by atoms with Crippen LogP contribution in [0.2, 0.25) is 0 Å². The summed E-state index contributed by atoms with van der Waals surface area (Å²) in [6.45, 7) is 1.72. The van der Waals surface area contributed by atoms with Gasteiger partial charge >= 0.3 is 0 Å². The van der Waals surface area contributed by atoms with Crippen molar-refractivity contribution >= 4 is 34.3 Å². The van der Waals surface area contributed by atoms with Gasteiger partial charge in [-0.05, 0) is 43.0 Å². The van der Waals surface area contributed by atoms with Crippen molar-refractivity contribution < 1.29 is 19.1 Å². The fraction of sp³-hybridized carbons (Fsp3) is 0.200. The van der Waals surface area contributed by atoms with E-state index in [1.165, 1.54) is 4.68 Å². The van der Waals surface area contributed by atoms with E-state index in [9.17, 15) is 9.90 Å². The average Bonchev–Trinajstić information content (AvgIpc) is 2.87. The zero-order chi connectivity index (χ0) is 16.4. The topological polar surface area (TPSA) is 95.0 Å². The molecular weight excluding hydrogens is 316 g/mol. The molecule has 3 rings (SSSR count). The Labute approximate surface area is 136 Å². The van der Waals surface area contributed by atoms with Gasteiger partial charge in [-0.25, -0.2) is 0 Å². The molecule has 0 bridgehead atoms. The average molecular weight is 330 g/mol. The van der Waals surface area contributed by atoms with Crippen LogP contribution in [0.5, 0.6) is 5.95 Å². The number of hydrogen-bond acceptors (Lipinski definition) is 6. The maximum Gasteiger partial charge on any atom is 0.291 e. The Morgan fingerprint density at radius 1 is 1.39 bits per heavy atom. The summed E-state index contributed by atoms with van der Waals surface area (Å²) in [5.41, 5.74) is 1.49. The van der Waals surface area contributed by atoms with E-state index in [4.69, 9.17) is 0 Å². The number of aromatic nitrogens is 3. The predicted molar refractivity (Wildman–Crippen MR) is 82.8 cm³/mol. The Balaban J connectivity index is 1.78. The molecular formula is C15H14N4O3S. The van der Waals surface area contributed by atoms with E-state index in [0.29, 0.717) is 5.69 Å². The van der Waals surface area contributed by atoms with Gasteiger partial charge in [0.25, 0.3) is 5.03 Å². The van der Waals surface area contributed by atoms with Crippen molar-refractivity contribution in [1.29, 1.82) is 0 Å². The van der Waals surface area contributed by atoms with Gasteiger partial charge in [-0.3, -0.25) is 9.78 Å². The summed E-state index contributed by atoms with van der Waals surface area (Å²) in [6.07, 6.45) is 1.70. The van der Waals surface area contributed by atoms with Gasteiger partial charge in [0.2, 0.25) is 5.91 Å². The predicted octanol–water partition coefficient (Wildman–Crippen LogP) is 1.24. The normalized spacial score (nSPS) is 12.3. The Kier molecular flexibility index (Phi) is 4.16. The maximum absolute atomic E-state index is 12.4. The van der Waals surface area contributed by atoms with Crippen LogP contribution in [0.15, 0.2) is 46.1 Å². The number of fused-ring (bicyclic) bond motifs is 1. The van der Waals surface area contributed by atoms with Crippen LogP contribution in [-0.4, -0.2) is 21.4 Å². The number of nitrogens with one attached hydrogen (secondary N) is 1. The minimum atomic E-state index is -0.550. The zero-order valence-corrected chi connectivity index (χ0v) is 13.3. The summed E-state index contributed by atoms with van der Waals surface area (Å²) in [5, 5.41) is 18.6. The van der Waals surface area contributed by atoms with Gasteiger partial charge in [-0.1, -0.05) is 10.7 Å². The van der Waals surface area contributed by atoms with E-state index in [2.05, 4.69) is 20.1 Å². The highest BCUT2D eigenvalue weighted by Gasteiger charge is 2.23. The Bertz CT molecular complexity index is 840. The molecule has 0 fully saturated rings. The second-order valence-electron chi connectivity index (χ2n) is 4.91. The molecule has 1 aromatic carbocycles. The van der Waals surface area contributed by atoms with E-state index in [0.717, 1.165) is 22.7 Å². The fourth-order valence-electron chi connectivity index (χ4n) is 2.10. The molecule has 1 N–H and O–H groups in total. The first-order chi connectivity index (χ1) is 11.1. The number of anilines is 1. The van der Waals surface area contributed by atoms with Gasteiger partial charge in [0, 0.05) is 11.6 Å². The zero-order valence-electron chi connectivity index (χ0n) is 12.5. The third-order valence-corrected chi connectivity index (χ3v) is 4.50. The molecule has 0 aliphatic rings. The van der Waals surface area contributed by atoms with Crippen LogP contribution in [0.1, 0.15) is 6.92 Å². The van der Waals surface area contributed by atoms with Crippen molar-refractivity contribution in [2.45, 2.75) is 17.2 Å². The molecule has 0 radical (unpaired) electrons. The van der Waals surface area contributed by atoms with Crippen molar-refractivity contribution in [3.8, 4) is 5.95 Å². The summed E-state index contributed by atoms with van der Waals surface area (Å²) in [5.74, 6) is -0.765. The second-order valence-corrected chi connectivity index (χ2v) is 6.24. The number of carbonyl (C=O) groups is 1. The van der Waals surface area contributed by atoms with Gasteiger partial charge in [-0.2, -0.15) is 0 Å². The van der Waals surface area contributed by atoms with Gasteiger partial charge in [0.15, 0.2) is 13.0 Å². The van der Waals surface area contributed by atoms with Gasteiger partial charge in [-0.15, -0.1) is 0 Å². The number of aryl methyl sites for hydroxylation is 1. The summed E-state index contributed by atoms with van der Waals surface area (Å²) >= 11 is 1.10. The molecule has 1 atom stereocenters. The highest BCUT2D eigenvalue weighted by molar-refractivity contribution is 8.00. The fourth-order valence-corrected chi connectivity index (χ4v) is 2.92. The summed E-state index contributed by atoms with van der Waals surface area (Å²) in [7, 11) is 1.59. The largest absolute Gasteiger partial charge is 0.538 e. The van der Waals surface area contributed by atoms with Crippen LogP contribution >= 0.6 is 11.8 Å². The van der Waals surface area contributed by atoms with Crippen molar-refractivity contribution in [1.82, 2.24) is 10.3 Å². The van der Waals surface area contributed by atoms with Crippen molar-refractivity contribution in [3.63, 3.8) is 0 Å². The molecule has 1 amide bonds. The molecule has 2 heterocycles. The molecule has 23 heavy (non-hydrogen) atoms. The van der Waals surface area contributed by atoms with Crippen molar-refractivity contribution in [2.24, 2.45) is 7.05 Å². The number of hydrogen-bond donors (Lipinski definition) is 1. The van der Waals surface area contributed by atoms with Crippen molar-refractivity contribution in [2.75, 3.05) is 5.32 Å². The Morgan fingerprint density at radius 2 is 2.22 bits per heavy atom. The Hall–Kier alpha value is -2.61. The first-order valence-corrected chi connectivity index (χ1v) is 7.78. The van der Waals surface area contributed by atoms with Gasteiger partial charge < -0.3 is 14.9 Å². The van der Waals surface area contributed by atoms with Crippen LogP contribution < -0.4 is 15.1 Å². The number of thioether (sulfide) groups is 1. The lowest BCUT2D eigenvalue weighted by molar-refractivity contribution is -0.772. The van der Waals surface area contributed by atoms with Crippen LogP contribution in [0.3, 0.4) is 0 Å². The number of carbonyl (C=O) groups excluding carboxylic acids is 1. The first-order valence-electron chi connectivity index (χ1n) is 6.90. The highest BCUT2D eigenvalue weighted by atomic mass is 32.2. The lowest BCUT2D eigenvalue weighted by Gasteiger charge is -2.12. The number of benzene rings is 1.